The summed E-state index contributed by atoms with van der Waals surface area (Å²) < 4.78 is 10.6. The lowest BCUT2D eigenvalue weighted by Gasteiger charge is -2.04. The van der Waals surface area contributed by atoms with Crippen LogP contribution in [0.1, 0.15) is 24.8 Å². The first-order valence-corrected chi connectivity index (χ1v) is 5.77. The van der Waals surface area contributed by atoms with Gasteiger partial charge in [0.15, 0.2) is 0 Å². The molecular formula is C14H20O2. The second-order valence-corrected chi connectivity index (χ2v) is 3.64. The molecule has 88 valence electrons. The Morgan fingerprint density at radius 2 is 1.75 bits per heavy atom. The lowest BCUT2D eigenvalue weighted by atomic mass is 10.2. The number of benzene rings is 1. The predicted octanol–water partition coefficient (Wildman–Crippen LogP) is 3.53. The molecule has 0 bridgehead atoms. The molecular weight excluding hydrogens is 200 g/mol. The molecule has 2 heteroatoms. The van der Waals surface area contributed by atoms with Crippen LogP contribution in [0.2, 0.25) is 0 Å². The summed E-state index contributed by atoms with van der Waals surface area (Å²) in [5.41, 5.74) is 1.23. The van der Waals surface area contributed by atoms with Gasteiger partial charge < -0.3 is 9.47 Å². The molecule has 0 N–H and O–H groups in total. The number of ether oxygens (including phenoxy) is 2. The van der Waals surface area contributed by atoms with Crippen LogP contribution >= 0.6 is 0 Å². The van der Waals surface area contributed by atoms with Crippen LogP contribution in [-0.4, -0.2) is 13.2 Å². The van der Waals surface area contributed by atoms with Gasteiger partial charge in [0.05, 0.1) is 19.5 Å². The van der Waals surface area contributed by atoms with Crippen molar-refractivity contribution in [2.24, 2.45) is 0 Å². The van der Waals surface area contributed by atoms with Gasteiger partial charge in [-0.05, 0) is 24.8 Å². The molecule has 0 spiro atoms. The van der Waals surface area contributed by atoms with Gasteiger partial charge in [-0.25, -0.2) is 0 Å². The quantitative estimate of drug-likeness (QED) is 0.468. The van der Waals surface area contributed by atoms with Crippen molar-refractivity contribution < 1.29 is 9.47 Å². The molecule has 0 heterocycles. The molecule has 0 aromatic heterocycles. The summed E-state index contributed by atoms with van der Waals surface area (Å²) >= 11 is 0. The molecule has 0 amide bonds. The minimum Gasteiger partial charge on any atom is -0.502 e. The van der Waals surface area contributed by atoms with Gasteiger partial charge in [0, 0.05) is 6.61 Å². The van der Waals surface area contributed by atoms with E-state index >= 15 is 0 Å². The minimum atomic E-state index is 0.712. The average molecular weight is 220 g/mol. The maximum Gasteiger partial charge on any atom is 0.0873 e. The summed E-state index contributed by atoms with van der Waals surface area (Å²) in [4.78, 5) is 0. The lowest BCUT2D eigenvalue weighted by Crippen LogP contribution is -1.96. The highest BCUT2D eigenvalue weighted by Crippen LogP contribution is 2.02. The van der Waals surface area contributed by atoms with Crippen molar-refractivity contribution in [3.05, 3.63) is 48.7 Å². The van der Waals surface area contributed by atoms with E-state index in [1.807, 2.05) is 18.2 Å². The molecule has 0 radical (unpaired) electrons. The zero-order valence-electron chi connectivity index (χ0n) is 9.73. The maximum absolute atomic E-state index is 5.57. The van der Waals surface area contributed by atoms with E-state index in [0.717, 1.165) is 32.5 Å². The highest BCUT2D eigenvalue weighted by Gasteiger charge is 1.92. The predicted molar refractivity (Wildman–Crippen MR) is 66.1 cm³/mol. The molecule has 0 fully saturated rings. The second kappa shape index (κ2) is 8.98. The molecule has 16 heavy (non-hydrogen) atoms. The fraction of sp³-hybridized carbons (Fsp3) is 0.429. The van der Waals surface area contributed by atoms with Gasteiger partial charge in [0.1, 0.15) is 0 Å². The molecule has 0 aliphatic carbocycles. The van der Waals surface area contributed by atoms with Crippen LogP contribution in [0, 0.1) is 0 Å². The van der Waals surface area contributed by atoms with Gasteiger partial charge >= 0.3 is 0 Å². The standard InChI is InChI=1S/C14H20O2/c1-2-15-11-7-4-8-12-16-13-14-9-5-3-6-10-14/h2-3,5-6,9-10H,1,4,7-8,11-13H2. The Kier molecular flexibility index (Phi) is 7.18. The first-order chi connectivity index (χ1) is 7.93. The average Bonchev–Trinajstić information content (AvgIpc) is 2.34. The molecule has 2 nitrogen and oxygen atoms in total. The Morgan fingerprint density at radius 3 is 2.50 bits per heavy atom. The van der Waals surface area contributed by atoms with E-state index < -0.39 is 0 Å². The maximum atomic E-state index is 5.57. The van der Waals surface area contributed by atoms with E-state index in [1.165, 1.54) is 11.8 Å². The number of hydrogen-bond donors (Lipinski definition) is 0. The zero-order valence-corrected chi connectivity index (χ0v) is 9.73. The Morgan fingerprint density at radius 1 is 1.00 bits per heavy atom. The first kappa shape index (κ1) is 12.8. The summed E-state index contributed by atoms with van der Waals surface area (Å²) in [6, 6.07) is 10.2. The van der Waals surface area contributed by atoms with Gasteiger partial charge in [-0.15, -0.1) is 0 Å². The van der Waals surface area contributed by atoms with Gasteiger partial charge in [-0.2, -0.15) is 0 Å². The van der Waals surface area contributed by atoms with Crippen molar-refractivity contribution >= 4 is 0 Å². The van der Waals surface area contributed by atoms with Crippen LogP contribution in [-0.2, 0) is 16.1 Å². The van der Waals surface area contributed by atoms with E-state index in [0.29, 0.717) is 6.61 Å². The molecule has 0 saturated carbocycles. The normalized spacial score (nSPS) is 10.0. The minimum absolute atomic E-state index is 0.712. The fourth-order valence-corrected chi connectivity index (χ4v) is 1.41. The van der Waals surface area contributed by atoms with E-state index in [1.54, 1.807) is 0 Å². The van der Waals surface area contributed by atoms with Crippen molar-refractivity contribution in [3.8, 4) is 0 Å². The van der Waals surface area contributed by atoms with Crippen LogP contribution in [0.5, 0.6) is 0 Å². The van der Waals surface area contributed by atoms with E-state index in [2.05, 4.69) is 18.7 Å². The molecule has 0 atom stereocenters. The summed E-state index contributed by atoms with van der Waals surface area (Å²) in [7, 11) is 0. The lowest BCUT2D eigenvalue weighted by molar-refractivity contribution is 0.115. The molecule has 0 saturated heterocycles. The van der Waals surface area contributed by atoms with Crippen molar-refractivity contribution in [2.45, 2.75) is 25.9 Å². The SMILES string of the molecule is C=COCCCCCOCc1ccccc1. The molecule has 0 aliphatic rings. The summed E-state index contributed by atoms with van der Waals surface area (Å²) in [6.45, 7) is 5.80. The third-order valence-corrected chi connectivity index (χ3v) is 2.28. The zero-order chi connectivity index (χ0) is 11.5. The number of unbranched alkanes of at least 4 members (excludes halogenated alkanes) is 2. The largest absolute Gasteiger partial charge is 0.502 e. The molecule has 1 aromatic carbocycles. The number of rotatable bonds is 9. The third-order valence-electron chi connectivity index (χ3n) is 2.28. The monoisotopic (exact) mass is 220 g/mol. The van der Waals surface area contributed by atoms with Crippen molar-refractivity contribution in [3.63, 3.8) is 0 Å². The topological polar surface area (TPSA) is 18.5 Å². The van der Waals surface area contributed by atoms with E-state index in [4.69, 9.17) is 9.47 Å². The van der Waals surface area contributed by atoms with E-state index in [9.17, 15) is 0 Å². The van der Waals surface area contributed by atoms with Gasteiger partial charge in [-0.1, -0.05) is 36.9 Å². The smallest absolute Gasteiger partial charge is 0.0873 e. The highest BCUT2D eigenvalue weighted by molar-refractivity contribution is 5.13. The Labute approximate surface area is 97.9 Å². The van der Waals surface area contributed by atoms with Crippen LogP contribution in [0.25, 0.3) is 0 Å². The highest BCUT2D eigenvalue weighted by atomic mass is 16.5. The van der Waals surface area contributed by atoms with Crippen LogP contribution in [0.15, 0.2) is 43.2 Å². The number of hydrogen-bond acceptors (Lipinski definition) is 2. The third kappa shape index (κ3) is 6.25. The Bertz CT molecular complexity index is 269. The van der Waals surface area contributed by atoms with Crippen molar-refractivity contribution in [1.82, 2.24) is 0 Å². The summed E-state index contributed by atoms with van der Waals surface area (Å²) in [6.07, 6.45) is 4.79. The van der Waals surface area contributed by atoms with Crippen LogP contribution in [0.4, 0.5) is 0 Å². The van der Waals surface area contributed by atoms with Crippen LogP contribution < -0.4 is 0 Å². The van der Waals surface area contributed by atoms with Gasteiger partial charge in [-0.3, -0.25) is 0 Å². The Hall–Kier alpha value is -1.28. The molecule has 1 aromatic rings. The Balaban J connectivity index is 1.90. The molecule has 0 aliphatic heterocycles. The van der Waals surface area contributed by atoms with Crippen molar-refractivity contribution in [1.29, 1.82) is 0 Å². The summed E-state index contributed by atoms with van der Waals surface area (Å²) in [5.74, 6) is 0. The van der Waals surface area contributed by atoms with Gasteiger partial charge in [0.25, 0.3) is 0 Å². The molecule has 1 rings (SSSR count). The summed E-state index contributed by atoms with van der Waals surface area (Å²) in [5, 5.41) is 0. The van der Waals surface area contributed by atoms with Crippen LogP contribution in [0.3, 0.4) is 0 Å². The van der Waals surface area contributed by atoms with E-state index in [-0.39, 0.29) is 0 Å². The molecule has 0 unspecified atom stereocenters. The van der Waals surface area contributed by atoms with Gasteiger partial charge in [0.2, 0.25) is 0 Å². The van der Waals surface area contributed by atoms with Crippen molar-refractivity contribution in [2.75, 3.05) is 13.2 Å². The second-order valence-electron chi connectivity index (χ2n) is 3.64. The fourth-order valence-electron chi connectivity index (χ4n) is 1.41. The first-order valence-electron chi connectivity index (χ1n) is 5.77.